The first-order chi connectivity index (χ1) is 18.5. The minimum atomic E-state index is -4.40. The van der Waals surface area contributed by atoms with Crippen molar-refractivity contribution in [2.24, 2.45) is 16.3 Å². The molecule has 1 aromatic rings. The second kappa shape index (κ2) is 21.2. The topological polar surface area (TPSA) is 65.0 Å². The van der Waals surface area contributed by atoms with Crippen molar-refractivity contribution in [2.45, 2.75) is 79.8 Å². The molecule has 0 aromatic heterocycles. The Morgan fingerprint density at radius 1 is 1.05 bits per heavy atom. The van der Waals surface area contributed by atoms with Crippen molar-refractivity contribution in [3.05, 3.63) is 47.0 Å². The van der Waals surface area contributed by atoms with Gasteiger partial charge in [0.15, 0.2) is 0 Å². The van der Waals surface area contributed by atoms with Crippen LogP contribution in [0.25, 0.3) is 0 Å². The van der Waals surface area contributed by atoms with Gasteiger partial charge in [-0.3, -0.25) is 4.99 Å². The van der Waals surface area contributed by atoms with E-state index < -0.39 is 23.6 Å². The third-order valence-corrected chi connectivity index (χ3v) is 5.39. The van der Waals surface area contributed by atoms with E-state index in [0.717, 1.165) is 57.2 Å². The highest BCUT2D eigenvalue weighted by Gasteiger charge is 2.35. The SMILES string of the molecule is C=O.C=O.CC.CC1COC1.CN=C(/C=C(\C)C1CC(C)(C)CCO1)C(F)(F)F.Cc1cccc(C(F)(F)F)c1. The molecule has 2 aliphatic rings. The van der Waals surface area contributed by atoms with E-state index in [1.54, 1.807) is 19.9 Å². The van der Waals surface area contributed by atoms with E-state index in [1.807, 2.05) is 27.4 Å². The molecule has 2 fully saturated rings. The largest absolute Gasteiger partial charge is 0.432 e. The zero-order valence-corrected chi connectivity index (χ0v) is 24.8. The first-order valence-electron chi connectivity index (χ1n) is 12.7. The molecule has 232 valence electrons. The molecule has 0 amide bonds. The molecular formula is C29H45F6NO4. The Labute approximate surface area is 235 Å². The van der Waals surface area contributed by atoms with Gasteiger partial charge >= 0.3 is 12.4 Å². The average molecular weight is 586 g/mol. The Morgan fingerprint density at radius 3 is 1.85 bits per heavy atom. The summed E-state index contributed by atoms with van der Waals surface area (Å²) in [6, 6.07) is 5.22. The Kier molecular flexibility index (Phi) is 22.3. The van der Waals surface area contributed by atoms with Crippen LogP contribution in [0.15, 0.2) is 40.9 Å². The molecule has 11 heteroatoms. The van der Waals surface area contributed by atoms with Gasteiger partial charge in [-0.2, -0.15) is 26.3 Å². The van der Waals surface area contributed by atoms with Crippen molar-refractivity contribution in [2.75, 3.05) is 26.9 Å². The summed E-state index contributed by atoms with van der Waals surface area (Å²) in [7, 11) is 1.15. The van der Waals surface area contributed by atoms with E-state index in [4.69, 9.17) is 19.1 Å². The van der Waals surface area contributed by atoms with Gasteiger partial charge in [-0.15, -0.1) is 0 Å². The highest BCUT2D eigenvalue weighted by molar-refractivity contribution is 5.99. The molecule has 1 aromatic carbocycles. The van der Waals surface area contributed by atoms with E-state index in [1.165, 1.54) is 6.07 Å². The number of ether oxygens (including phenoxy) is 2. The molecule has 5 nitrogen and oxygen atoms in total. The number of hydrogen-bond donors (Lipinski definition) is 0. The summed E-state index contributed by atoms with van der Waals surface area (Å²) in [6.07, 6.45) is -6.10. The number of hydrogen-bond acceptors (Lipinski definition) is 5. The van der Waals surface area contributed by atoms with Gasteiger partial charge in [-0.1, -0.05) is 58.4 Å². The zero-order valence-electron chi connectivity index (χ0n) is 24.8. The van der Waals surface area contributed by atoms with Gasteiger partial charge in [0.05, 0.1) is 24.9 Å². The second-order valence-electron chi connectivity index (χ2n) is 9.48. The Hall–Kier alpha value is -2.53. The lowest BCUT2D eigenvalue weighted by Gasteiger charge is -2.35. The number of halogens is 6. The maximum atomic E-state index is 12.6. The van der Waals surface area contributed by atoms with Gasteiger partial charge in [0.25, 0.3) is 0 Å². The number of carbonyl (C=O) groups is 2. The van der Waals surface area contributed by atoms with Crippen molar-refractivity contribution in [3.8, 4) is 0 Å². The summed E-state index contributed by atoms with van der Waals surface area (Å²) in [5.74, 6) is 0.843. The number of benzene rings is 1. The molecule has 0 saturated carbocycles. The number of carbonyl (C=O) groups excluding carboxylic acids is 2. The average Bonchev–Trinajstić information content (AvgIpc) is 2.88. The third kappa shape index (κ3) is 18.7. The Balaban J connectivity index is -0.000000525. The third-order valence-electron chi connectivity index (χ3n) is 5.39. The summed E-state index contributed by atoms with van der Waals surface area (Å²) >= 11 is 0. The molecule has 2 heterocycles. The fourth-order valence-electron chi connectivity index (χ4n) is 3.19. The van der Waals surface area contributed by atoms with Gasteiger partial charge in [0, 0.05) is 19.6 Å². The van der Waals surface area contributed by atoms with Gasteiger partial charge < -0.3 is 19.1 Å². The number of aryl methyl sites for hydroxylation is 1. The van der Waals surface area contributed by atoms with E-state index in [-0.39, 0.29) is 11.5 Å². The lowest BCUT2D eigenvalue weighted by Crippen LogP contribution is -2.32. The maximum Gasteiger partial charge on any atom is 0.432 e. The second-order valence-corrected chi connectivity index (χ2v) is 9.48. The lowest BCUT2D eigenvalue weighted by atomic mass is 9.80. The van der Waals surface area contributed by atoms with Crippen LogP contribution in [0, 0.1) is 18.3 Å². The molecule has 0 N–H and O–H groups in total. The molecule has 0 bridgehead atoms. The quantitative estimate of drug-likeness (QED) is 0.260. The Morgan fingerprint density at radius 2 is 1.55 bits per heavy atom. The van der Waals surface area contributed by atoms with E-state index >= 15 is 0 Å². The minimum absolute atomic E-state index is 0.111. The molecular weight excluding hydrogens is 540 g/mol. The molecule has 2 saturated heterocycles. The van der Waals surface area contributed by atoms with Crippen molar-refractivity contribution < 1.29 is 45.4 Å². The van der Waals surface area contributed by atoms with E-state index in [2.05, 4.69) is 25.8 Å². The number of allylic oxidation sites excluding steroid dienone is 1. The predicted molar refractivity (Wildman–Crippen MR) is 148 cm³/mol. The van der Waals surface area contributed by atoms with Gasteiger partial charge in [0.2, 0.25) is 0 Å². The van der Waals surface area contributed by atoms with Crippen LogP contribution in [0.1, 0.15) is 65.5 Å². The van der Waals surface area contributed by atoms with E-state index in [0.29, 0.717) is 17.7 Å². The lowest BCUT2D eigenvalue weighted by molar-refractivity contribution is -0.137. The number of rotatable bonds is 2. The summed E-state index contributed by atoms with van der Waals surface area (Å²) in [5.41, 5.74) is -0.121. The highest BCUT2D eigenvalue weighted by atomic mass is 19.4. The molecule has 2 aliphatic heterocycles. The van der Waals surface area contributed by atoms with Crippen LogP contribution < -0.4 is 0 Å². The number of aliphatic imine (C=N–C) groups is 1. The first kappa shape index (κ1) is 41.9. The molecule has 0 spiro atoms. The molecule has 1 unspecified atom stereocenters. The maximum absolute atomic E-state index is 12.6. The Bertz CT molecular complexity index is 861. The fraction of sp³-hybridized carbons (Fsp3) is 0.621. The summed E-state index contributed by atoms with van der Waals surface area (Å²) in [6.45, 7) is 20.3. The van der Waals surface area contributed by atoms with Crippen LogP contribution in [0.3, 0.4) is 0 Å². The molecule has 1 atom stereocenters. The normalized spacial score (nSPS) is 18.6. The van der Waals surface area contributed by atoms with Gasteiger partial charge in [-0.25, -0.2) is 0 Å². The number of alkyl halides is 6. The summed E-state index contributed by atoms with van der Waals surface area (Å²) in [5, 5.41) is 0. The van der Waals surface area contributed by atoms with Crippen LogP contribution in [-0.2, 0) is 25.2 Å². The number of nitrogens with zero attached hydrogens (tertiary/aromatic N) is 1. The highest BCUT2D eigenvalue weighted by Crippen LogP contribution is 2.35. The molecule has 3 rings (SSSR count). The predicted octanol–water partition coefficient (Wildman–Crippen LogP) is 8.09. The van der Waals surface area contributed by atoms with Crippen molar-refractivity contribution >= 4 is 19.3 Å². The van der Waals surface area contributed by atoms with Gasteiger partial charge in [-0.05, 0) is 49.8 Å². The van der Waals surface area contributed by atoms with Crippen LogP contribution in [0.2, 0.25) is 0 Å². The minimum Gasteiger partial charge on any atom is -0.381 e. The molecule has 0 aliphatic carbocycles. The van der Waals surface area contributed by atoms with Crippen LogP contribution in [0.5, 0.6) is 0 Å². The van der Waals surface area contributed by atoms with Crippen LogP contribution >= 0.6 is 0 Å². The fourth-order valence-corrected chi connectivity index (χ4v) is 3.19. The van der Waals surface area contributed by atoms with Crippen LogP contribution in [0.4, 0.5) is 26.3 Å². The smallest absolute Gasteiger partial charge is 0.381 e. The van der Waals surface area contributed by atoms with Crippen molar-refractivity contribution in [1.29, 1.82) is 0 Å². The van der Waals surface area contributed by atoms with Crippen LogP contribution in [-0.4, -0.2) is 58.4 Å². The molecule has 0 radical (unpaired) electrons. The summed E-state index contributed by atoms with van der Waals surface area (Å²) in [4.78, 5) is 19.3. The van der Waals surface area contributed by atoms with Crippen molar-refractivity contribution in [3.63, 3.8) is 0 Å². The molecule has 40 heavy (non-hydrogen) atoms. The zero-order chi connectivity index (χ0) is 32.2. The van der Waals surface area contributed by atoms with Gasteiger partial charge in [0.1, 0.15) is 19.3 Å². The monoisotopic (exact) mass is 585 g/mol. The standard InChI is InChI=1S/C13H20F3NO.C8H7F3.C4H8O.C2H6.2CH2O/c1-9(7-11(17-4)13(14,15)16)10-8-12(2,3)5-6-18-10;1-6-3-2-4-7(5-6)8(9,10)11;1-4-2-5-3-4;3*1-2/h7,10H,5-6,8H2,1-4H3;2-5H,1H3;4H,2-3H2,1H3;1-2H3;2*1H2/b9-7+,17-11?;;;;;. The van der Waals surface area contributed by atoms with Crippen molar-refractivity contribution in [1.82, 2.24) is 0 Å². The van der Waals surface area contributed by atoms with E-state index in [9.17, 15) is 26.3 Å². The first-order valence-corrected chi connectivity index (χ1v) is 12.7. The summed E-state index contributed by atoms with van der Waals surface area (Å²) < 4.78 is 84.0.